The highest BCUT2D eigenvalue weighted by atomic mass is 127. The summed E-state index contributed by atoms with van der Waals surface area (Å²) in [6, 6.07) is 2.14. The van der Waals surface area contributed by atoms with E-state index in [-0.39, 0.29) is 35.2 Å². The minimum absolute atomic E-state index is 0.00822. The lowest BCUT2D eigenvalue weighted by molar-refractivity contribution is -0.146. The Labute approximate surface area is 246 Å². The van der Waals surface area contributed by atoms with Crippen LogP contribution in [-0.4, -0.2) is 57.4 Å². The highest BCUT2D eigenvalue weighted by molar-refractivity contribution is 14.1. The molecule has 3 aliphatic rings. The Hall–Kier alpha value is -2.98. The zero-order chi connectivity index (χ0) is 28.2. The molecule has 1 aromatic rings. The first kappa shape index (κ1) is 29.0. The molecule has 0 bridgehead atoms. The maximum Gasteiger partial charge on any atom is 0.317 e. The fourth-order valence-corrected chi connectivity index (χ4v) is 6.31. The van der Waals surface area contributed by atoms with Gasteiger partial charge in [0, 0.05) is 19.5 Å². The fourth-order valence-electron chi connectivity index (χ4n) is 4.74. The van der Waals surface area contributed by atoms with E-state index in [1.54, 1.807) is 11.0 Å². The molecular formula is C28H32IN5O4S. The summed E-state index contributed by atoms with van der Waals surface area (Å²) in [6.07, 6.45) is 14.7. The first-order valence-electron chi connectivity index (χ1n) is 12.9. The van der Waals surface area contributed by atoms with Gasteiger partial charge in [0.1, 0.15) is 21.2 Å². The Kier molecular flexibility index (Phi) is 9.27. The molecule has 2 N–H and O–H groups in total. The van der Waals surface area contributed by atoms with E-state index in [9.17, 15) is 14.9 Å². The molecule has 0 radical (unpaired) electrons. The number of halogens is 1. The Bertz CT molecular complexity index is 1290. The lowest BCUT2D eigenvalue weighted by Crippen LogP contribution is -2.57. The number of nitriles is 1. The normalized spacial score (nSPS) is 25.2. The number of allylic oxidation sites excluding steroid dienone is 7. The fraction of sp³-hybridized carbons (Fsp3) is 0.464. The molecule has 3 atom stereocenters. The minimum atomic E-state index is -0.934. The van der Waals surface area contributed by atoms with Gasteiger partial charge < -0.3 is 20.1 Å². The van der Waals surface area contributed by atoms with Crippen LogP contribution >= 0.6 is 33.9 Å². The van der Waals surface area contributed by atoms with Crippen LogP contribution in [0.25, 0.3) is 5.57 Å². The smallest absolute Gasteiger partial charge is 0.317 e. The van der Waals surface area contributed by atoms with Gasteiger partial charge in [0.2, 0.25) is 0 Å². The van der Waals surface area contributed by atoms with E-state index in [2.05, 4.69) is 62.9 Å². The average molecular weight is 662 g/mol. The highest BCUT2D eigenvalue weighted by Crippen LogP contribution is 2.44. The zero-order valence-corrected chi connectivity index (χ0v) is 24.9. The molecule has 1 saturated carbocycles. The van der Waals surface area contributed by atoms with E-state index in [1.165, 1.54) is 11.3 Å². The van der Waals surface area contributed by atoms with Crippen molar-refractivity contribution in [2.45, 2.75) is 55.6 Å². The van der Waals surface area contributed by atoms with Crippen LogP contribution in [0.3, 0.4) is 0 Å². The Morgan fingerprint density at radius 3 is 2.82 bits per heavy atom. The monoisotopic (exact) mass is 661 g/mol. The van der Waals surface area contributed by atoms with Crippen molar-refractivity contribution in [3.63, 3.8) is 0 Å². The third-order valence-corrected chi connectivity index (χ3v) is 9.53. The van der Waals surface area contributed by atoms with Crippen LogP contribution in [0.1, 0.15) is 53.5 Å². The summed E-state index contributed by atoms with van der Waals surface area (Å²) in [7, 11) is 0. The van der Waals surface area contributed by atoms with Crippen LogP contribution in [0.2, 0.25) is 0 Å². The first-order chi connectivity index (χ1) is 18.7. The topological polar surface area (TPSA) is 128 Å². The quantitative estimate of drug-likeness (QED) is 0.201. The van der Waals surface area contributed by atoms with Crippen LogP contribution in [0, 0.1) is 22.7 Å². The molecule has 1 aliphatic heterocycles. The van der Waals surface area contributed by atoms with E-state index in [4.69, 9.17) is 9.84 Å². The number of nitrogens with zero attached hydrogens (tertiary/aromatic N) is 4. The number of carboxylic acid groups (broad SMARTS) is 1. The number of alkyl halides is 1. The van der Waals surface area contributed by atoms with Gasteiger partial charge >= 0.3 is 12.0 Å². The maximum atomic E-state index is 12.5. The molecule has 9 nitrogen and oxygen atoms in total. The SMILES string of the molecule is C=C[C@]1(C#N)CC(c2nnc(C(I)/C=C\C=C3/CCC[C@H]3NC(=O)N3CC(C(=O)O)C3)s2)=CC=C1OC(C)C. The van der Waals surface area contributed by atoms with Gasteiger partial charge in [-0.25, -0.2) is 4.79 Å². The number of aliphatic carboxylic acids is 1. The number of nitrogens with one attached hydrogen (secondary N) is 1. The number of carbonyl (C=O) groups is 2. The number of carbonyl (C=O) groups excluding carboxylic acids is 1. The highest BCUT2D eigenvalue weighted by Gasteiger charge is 2.38. The molecule has 1 aromatic heterocycles. The minimum Gasteiger partial charge on any atom is -0.493 e. The van der Waals surface area contributed by atoms with Crippen LogP contribution in [0.4, 0.5) is 4.79 Å². The predicted molar refractivity (Wildman–Crippen MR) is 158 cm³/mol. The van der Waals surface area contributed by atoms with Crippen molar-refractivity contribution in [2.24, 2.45) is 11.3 Å². The number of hydrogen-bond donors (Lipinski definition) is 2. The van der Waals surface area contributed by atoms with Gasteiger partial charge in [0.25, 0.3) is 0 Å². The number of urea groups is 1. The predicted octanol–water partition coefficient (Wildman–Crippen LogP) is 5.57. The van der Waals surface area contributed by atoms with Gasteiger partial charge in [-0.3, -0.25) is 4.79 Å². The van der Waals surface area contributed by atoms with Crippen molar-refractivity contribution < 1.29 is 19.4 Å². The molecule has 0 spiro atoms. The molecule has 206 valence electrons. The summed E-state index contributed by atoms with van der Waals surface area (Å²) in [5, 5.41) is 32.4. The van der Waals surface area contributed by atoms with E-state index in [1.807, 2.05) is 32.1 Å². The summed E-state index contributed by atoms with van der Waals surface area (Å²) >= 11 is 3.82. The summed E-state index contributed by atoms with van der Waals surface area (Å²) in [6.45, 7) is 8.28. The van der Waals surface area contributed by atoms with Crippen LogP contribution in [0.5, 0.6) is 0 Å². The van der Waals surface area contributed by atoms with Crippen LogP contribution in [0.15, 0.2) is 54.4 Å². The van der Waals surface area contributed by atoms with Crippen molar-refractivity contribution in [1.82, 2.24) is 20.4 Å². The molecule has 1 unspecified atom stereocenters. The van der Waals surface area contributed by atoms with Gasteiger partial charge in [-0.1, -0.05) is 64.3 Å². The molecule has 2 fully saturated rings. The van der Waals surface area contributed by atoms with Gasteiger partial charge in [-0.05, 0) is 50.3 Å². The van der Waals surface area contributed by atoms with E-state index in [0.717, 1.165) is 40.4 Å². The standard InChI is InChI=1S/C28H32IN5O4S/c1-4-28(16-30)13-19(11-12-23(28)38-17(2)3)24-32-33-25(39-24)21(29)9-5-7-18-8-6-10-22(18)31-27(37)34-14-20(15-34)26(35)36/h4-5,7,9,11-12,17,20-22H,1,6,8,10,13-15H2,2-3H3,(H,31,37)(H,35,36)/b9-5-,18-7+/t21?,22-,28-/m1/s1. The van der Waals surface area contributed by atoms with E-state index < -0.39 is 17.3 Å². The van der Waals surface area contributed by atoms with Crippen molar-refractivity contribution in [3.8, 4) is 6.07 Å². The lowest BCUT2D eigenvalue weighted by Gasteiger charge is -2.37. The molecule has 0 aromatic carbocycles. The molecule has 1 saturated heterocycles. The molecule has 39 heavy (non-hydrogen) atoms. The molecule has 4 rings (SSSR count). The third kappa shape index (κ3) is 6.61. The number of likely N-dealkylation sites (tertiary alicyclic amines) is 1. The largest absolute Gasteiger partial charge is 0.493 e. The van der Waals surface area contributed by atoms with E-state index in [0.29, 0.717) is 12.2 Å². The van der Waals surface area contributed by atoms with Crippen molar-refractivity contribution in [1.29, 1.82) is 5.26 Å². The first-order valence-corrected chi connectivity index (χ1v) is 15.0. The second-order valence-corrected chi connectivity index (χ2v) is 12.5. The summed E-state index contributed by atoms with van der Waals surface area (Å²) in [5.41, 5.74) is 1.15. The summed E-state index contributed by atoms with van der Waals surface area (Å²) in [4.78, 5) is 25.0. The molecule has 11 heteroatoms. The second kappa shape index (κ2) is 12.5. The maximum absolute atomic E-state index is 12.5. The molecule has 2 aliphatic carbocycles. The van der Waals surface area contributed by atoms with Crippen molar-refractivity contribution >= 4 is 51.5 Å². The van der Waals surface area contributed by atoms with Gasteiger partial charge in [-0.15, -0.1) is 16.8 Å². The lowest BCUT2D eigenvalue weighted by atomic mass is 9.78. The third-order valence-electron chi connectivity index (χ3n) is 7.02. The number of ether oxygens (including phenoxy) is 1. The molecule has 2 amide bonds. The van der Waals surface area contributed by atoms with Crippen molar-refractivity contribution in [2.75, 3.05) is 13.1 Å². The number of hydrogen-bond acceptors (Lipinski definition) is 7. The van der Waals surface area contributed by atoms with Gasteiger partial charge in [0.05, 0.1) is 28.1 Å². The van der Waals surface area contributed by atoms with E-state index >= 15 is 0 Å². The molecular weight excluding hydrogens is 629 g/mol. The summed E-state index contributed by atoms with van der Waals surface area (Å²) < 4.78 is 5.90. The summed E-state index contributed by atoms with van der Waals surface area (Å²) in [5.74, 6) is -0.718. The molecule has 2 heterocycles. The Balaban J connectivity index is 1.38. The van der Waals surface area contributed by atoms with Crippen molar-refractivity contribution in [3.05, 3.63) is 64.4 Å². The van der Waals surface area contributed by atoms with Crippen LogP contribution in [-0.2, 0) is 9.53 Å². The average Bonchev–Trinajstić information content (AvgIpc) is 3.53. The Morgan fingerprint density at radius 2 is 2.15 bits per heavy atom. The zero-order valence-electron chi connectivity index (χ0n) is 22.0. The number of rotatable bonds is 9. The van der Waals surface area contributed by atoms with Gasteiger partial charge in [-0.2, -0.15) is 5.26 Å². The number of carboxylic acids is 1. The Morgan fingerprint density at radius 1 is 1.38 bits per heavy atom. The van der Waals surface area contributed by atoms with Gasteiger partial charge in [0.15, 0.2) is 0 Å². The second-order valence-electron chi connectivity index (χ2n) is 10.2. The number of amides is 2. The number of aromatic nitrogens is 2. The van der Waals surface area contributed by atoms with Crippen LogP contribution < -0.4 is 5.32 Å².